The number of hydrogen-bond acceptors (Lipinski definition) is 6. The highest BCUT2D eigenvalue weighted by Gasteiger charge is 2.14. The second kappa shape index (κ2) is 11.6. The minimum atomic E-state index is -0.308. The van der Waals surface area contributed by atoms with Gasteiger partial charge in [0.05, 0.1) is 37.6 Å². The summed E-state index contributed by atoms with van der Waals surface area (Å²) >= 11 is 6.40. The number of halogens is 2. The van der Waals surface area contributed by atoms with Gasteiger partial charge in [-0.15, -0.1) is 0 Å². The fourth-order valence-corrected chi connectivity index (χ4v) is 3.25. The van der Waals surface area contributed by atoms with Crippen LogP contribution in [0.3, 0.4) is 0 Å². The average Bonchev–Trinajstić information content (AvgIpc) is 2.75. The molecule has 0 aromatic heterocycles. The molecule has 166 valence electrons. The van der Waals surface area contributed by atoms with Crippen molar-refractivity contribution in [1.29, 1.82) is 0 Å². The molecule has 0 atom stereocenters. The second-order valence-corrected chi connectivity index (χ2v) is 7.27. The molecule has 1 aliphatic heterocycles. The van der Waals surface area contributed by atoms with E-state index in [2.05, 4.69) is 10.5 Å². The zero-order valence-corrected chi connectivity index (χ0v) is 18.0. The Morgan fingerprint density at radius 3 is 2.71 bits per heavy atom. The predicted molar refractivity (Wildman–Crippen MR) is 116 cm³/mol. The Morgan fingerprint density at radius 1 is 1.26 bits per heavy atom. The summed E-state index contributed by atoms with van der Waals surface area (Å²) in [5.74, 6) is 0.338. The van der Waals surface area contributed by atoms with Crippen LogP contribution in [0.15, 0.2) is 41.5 Å². The SMILES string of the molecule is CCOc1cc(C=NNC(=O)CN2CCOCC2)cc(Cl)c1OCc1ccc(F)cc1. The first-order valence-corrected chi connectivity index (χ1v) is 10.4. The smallest absolute Gasteiger partial charge is 0.254 e. The molecule has 0 spiro atoms. The minimum Gasteiger partial charge on any atom is -0.490 e. The van der Waals surface area contributed by atoms with E-state index in [9.17, 15) is 9.18 Å². The molecule has 3 rings (SSSR count). The number of hydrogen-bond donors (Lipinski definition) is 1. The number of benzene rings is 2. The molecule has 0 saturated carbocycles. The highest BCUT2D eigenvalue weighted by molar-refractivity contribution is 6.32. The van der Waals surface area contributed by atoms with Crippen LogP contribution in [0.25, 0.3) is 0 Å². The van der Waals surface area contributed by atoms with E-state index in [-0.39, 0.29) is 24.9 Å². The van der Waals surface area contributed by atoms with Crippen molar-refractivity contribution in [3.05, 3.63) is 58.4 Å². The number of carbonyl (C=O) groups is 1. The molecular formula is C22H25ClFN3O4. The number of rotatable bonds is 9. The quantitative estimate of drug-likeness (QED) is 0.470. The average molecular weight is 450 g/mol. The molecule has 2 aromatic rings. The van der Waals surface area contributed by atoms with Gasteiger partial charge < -0.3 is 14.2 Å². The number of ether oxygens (including phenoxy) is 3. The Morgan fingerprint density at radius 2 is 2.00 bits per heavy atom. The Labute approximate surface area is 185 Å². The summed E-state index contributed by atoms with van der Waals surface area (Å²) in [7, 11) is 0. The van der Waals surface area contributed by atoms with E-state index >= 15 is 0 Å². The summed E-state index contributed by atoms with van der Waals surface area (Å²) in [6.45, 7) is 5.46. The van der Waals surface area contributed by atoms with Crippen LogP contribution >= 0.6 is 11.6 Å². The predicted octanol–water partition coefficient (Wildman–Crippen LogP) is 3.24. The Balaban J connectivity index is 1.62. The Hall–Kier alpha value is -2.68. The molecule has 9 heteroatoms. The van der Waals surface area contributed by atoms with Crippen LogP contribution in [0.5, 0.6) is 11.5 Å². The molecule has 1 heterocycles. The van der Waals surface area contributed by atoms with Crippen LogP contribution < -0.4 is 14.9 Å². The molecule has 0 bridgehead atoms. The van der Waals surface area contributed by atoms with Gasteiger partial charge in [0, 0.05) is 13.1 Å². The maximum absolute atomic E-state index is 13.1. The van der Waals surface area contributed by atoms with Crippen molar-refractivity contribution in [2.75, 3.05) is 39.5 Å². The summed E-state index contributed by atoms with van der Waals surface area (Å²) in [5, 5.41) is 4.35. The number of carbonyl (C=O) groups excluding carboxylic acids is 1. The maximum atomic E-state index is 13.1. The van der Waals surface area contributed by atoms with Crippen molar-refractivity contribution < 1.29 is 23.4 Å². The molecule has 1 N–H and O–H groups in total. The number of hydrazone groups is 1. The molecular weight excluding hydrogens is 425 g/mol. The number of nitrogens with zero attached hydrogens (tertiary/aromatic N) is 2. The van der Waals surface area contributed by atoms with Crippen molar-refractivity contribution in [2.24, 2.45) is 5.10 Å². The fraction of sp³-hybridized carbons (Fsp3) is 0.364. The lowest BCUT2D eigenvalue weighted by atomic mass is 10.2. The third kappa shape index (κ3) is 7.20. The van der Waals surface area contributed by atoms with E-state index in [4.69, 9.17) is 25.8 Å². The molecule has 1 saturated heterocycles. The minimum absolute atomic E-state index is 0.200. The normalized spacial score (nSPS) is 14.5. The van der Waals surface area contributed by atoms with Crippen LogP contribution in [0.1, 0.15) is 18.1 Å². The van der Waals surface area contributed by atoms with Crippen LogP contribution in [0.4, 0.5) is 4.39 Å². The van der Waals surface area contributed by atoms with Gasteiger partial charge in [0.25, 0.3) is 5.91 Å². The van der Waals surface area contributed by atoms with Gasteiger partial charge in [-0.05, 0) is 42.3 Å². The molecule has 1 amide bonds. The molecule has 0 aliphatic carbocycles. The Kier molecular flexibility index (Phi) is 8.63. The lowest BCUT2D eigenvalue weighted by Crippen LogP contribution is -2.42. The van der Waals surface area contributed by atoms with Crippen LogP contribution in [0.2, 0.25) is 5.02 Å². The first-order valence-electron chi connectivity index (χ1n) is 10.0. The van der Waals surface area contributed by atoms with E-state index in [0.717, 1.165) is 18.7 Å². The molecule has 31 heavy (non-hydrogen) atoms. The van der Waals surface area contributed by atoms with Gasteiger partial charge in [-0.1, -0.05) is 23.7 Å². The summed E-state index contributed by atoms with van der Waals surface area (Å²) in [6.07, 6.45) is 1.50. The van der Waals surface area contributed by atoms with Gasteiger partial charge in [-0.2, -0.15) is 5.10 Å². The van der Waals surface area contributed by atoms with E-state index in [1.165, 1.54) is 18.3 Å². The fourth-order valence-electron chi connectivity index (χ4n) is 2.98. The molecule has 0 unspecified atom stereocenters. The molecule has 7 nitrogen and oxygen atoms in total. The van der Waals surface area contributed by atoms with Crippen molar-refractivity contribution in [3.63, 3.8) is 0 Å². The van der Waals surface area contributed by atoms with Gasteiger partial charge in [0.15, 0.2) is 11.5 Å². The van der Waals surface area contributed by atoms with Crippen molar-refractivity contribution in [3.8, 4) is 11.5 Å². The van der Waals surface area contributed by atoms with Gasteiger partial charge in [0.2, 0.25) is 0 Å². The number of amides is 1. The first kappa shape index (κ1) is 23.0. The monoisotopic (exact) mass is 449 g/mol. The van der Waals surface area contributed by atoms with E-state index in [1.807, 2.05) is 11.8 Å². The van der Waals surface area contributed by atoms with Crippen molar-refractivity contribution in [1.82, 2.24) is 10.3 Å². The molecule has 0 radical (unpaired) electrons. The van der Waals surface area contributed by atoms with Gasteiger partial charge >= 0.3 is 0 Å². The summed E-state index contributed by atoms with van der Waals surface area (Å²) in [6, 6.07) is 9.43. The highest BCUT2D eigenvalue weighted by atomic mass is 35.5. The van der Waals surface area contributed by atoms with Crippen LogP contribution in [-0.2, 0) is 16.1 Å². The maximum Gasteiger partial charge on any atom is 0.254 e. The van der Waals surface area contributed by atoms with E-state index in [0.29, 0.717) is 41.9 Å². The van der Waals surface area contributed by atoms with Crippen molar-refractivity contribution in [2.45, 2.75) is 13.5 Å². The number of morpholine rings is 1. The molecule has 2 aromatic carbocycles. The lowest BCUT2D eigenvalue weighted by Gasteiger charge is -2.25. The standard InChI is InChI=1S/C22H25ClFN3O4/c1-2-30-20-12-17(13-25-26-21(28)14-27-7-9-29-10-8-27)11-19(23)22(20)31-15-16-3-5-18(24)6-4-16/h3-6,11-13H,2,7-10,14-15H2,1H3,(H,26,28). The van der Waals surface area contributed by atoms with Gasteiger partial charge in [-0.25, -0.2) is 9.82 Å². The number of nitrogens with one attached hydrogen (secondary N) is 1. The molecule has 1 fully saturated rings. The van der Waals surface area contributed by atoms with E-state index < -0.39 is 0 Å². The summed E-state index contributed by atoms with van der Waals surface area (Å²) < 4.78 is 29.8. The van der Waals surface area contributed by atoms with Crippen molar-refractivity contribution >= 4 is 23.7 Å². The molecule has 1 aliphatic rings. The topological polar surface area (TPSA) is 72.4 Å². The largest absolute Gasteiger partial charge is 0.490 e. The summed E-state index contributed by atoms with van der Waals surface area (Å²) in [4.78, 5) is 14.0. The third-order valence-corrected chi connectivity index (χ3v) is 4.78. The first-order chi connectivity index (χ1) is 15.0. The van der Waals surface area contributed by atoms with Gasteiger partial charge in [0.1, 0.15) is 12.4 Å². The Bertz CT molecular complexity index is 902. The highest BCUT2D eigenvalue weighted by Crippen LogP contribution is 2.37. The van der Waals surface area contributed by atoms with E-state index in [1.54, 1.807) is 24.3 Å². The van der Waals surface area contributed by atoms with Crippen LogP contribution in [0, 0.1) is 5.82 Å². The second-order valence-electron chi connectivity index (χ2n) is 6.86. The van der Waals surface area contributed by atoms with Gasteiger partial charge in [-0.3, -0.25) is 9.69 Å². The third-order valence-electron chi connectivity index (χ3n) is 4.50. The zero-order valence-electron chi connectivity index (χ0n) is 17.3. The zero-order chi connectivity index (χ0) is 22.1. The summed E-state index contributed by atoms with van der Waals surface area (Å²) in [5.41, 5.74) is 3.96. The lowest BCUT2D eigenvalue weighted by molar-refractivity contribution is -0.123. The van der Waals surface area contributed by atoms with Crippen LogP contribution in [-0.4, -0.2) is 56.5 Å².